The van der Waals surface area contributed by atoms with Gasteiger partial charge in [-0.1, -0.05) is 11.3 Å². The van der Waals surface area contributed by atoms with Gasteiger partial charge in [0.15, 0.2) is 16.5 Å². The predicted octanol–water partition coefficient (Wildman–Crippen LogP) is -1.04. The minimum Gasteiger partial charge on any atom is -0.493 e. The van der Waals surface area contributed by atoms with E-state index >= 15 is 0 Å². The van der Waals surface area contributed by atoms with Crippen LogP contribution < -0.4 is 24.8 Å². The first-order valence-corrected chi connectivity index (χ1v) is 10.6. The van der Waals surface area contributed by atoms with Crippen molar-refractivity contribution in [2.45, 2.75) is 20.0 Å². The zero-order valence-corrected chi connectivity index (χ0v) is 17.8. The molecule has 1 aliphatic rings. The van der Waals surface area contributed by atoms with Crippen LogP contribution in [0.2, 0.25) is 0 Å². The second kappa shape index (κ2) is 8.48. The highest BCUT2D eigenvalue weighted by Gasteiger charge is 2.25. The van der Waals surface area contributed by atoms with E-state index in [4.69, 9.17) is 9.47 Å². The van der Waals surface area contributed by atoms with Crippen molar-refractivity contribution in [1.29, 1.82) is 0 Å². The van der Waals surface area contributed by atoms with E-state index in [1.54, 1.807) is 19.1 Å². The van der Waals surface area contributed by atoms with Gasteiger partial charge in [-0.2, -0.15) is 9.61 Å². The molecule has 0 bridgehead atoms. The molecular weight excluding hydrogens is 390 g/mol. The summed E-state index contributed by atoms with van der Waals surface area (Å²) in [5, 5.41) is 5.45. The first-order chi connectivity index (χ1) is 14.1. The summed E-state index contributed by atoms with van der Waals surface area (Å²) in [6.07, 6.45) is 0. The Morgan fingerprint density at radius 1 is 1.03 bits per heavy atom. The SMILES string of the molecule is COc1ccc(C[NH+]2CC[NH+](Cc3nn4c(=O)cc(C)nc4s3)CC2)cc1OC. The van der Waals surface area contributed by atoms with Gasteiger partial charge < -0.3 is 19.3 Å². The molecule has 3 aromatic rings. The van der Waals surface area contributed by atoms with Crippen LogP contribution in [0.15, 0.2) is 29.1 Å². The van der Waals surface area contributed by atoms with Crippen molar-refractivity contribution in [2.75, 3.05) is 40.4 Å². The van der Waals surface area contributed by atoms with Crippen LogP contribution in [0, 0.1) is 6.92 Å². The average molecular weight is 418 g/mol. The van der Waals surface area contributed by atoms with E-state index in [-0.39, 0.29) is 5.56 Å². The monoisotopic (exact) mass is 417 g/mol. The van der Waals surface area contributed by atoms with Gasteiger partial charge in [0.2, 0.25) is 4.96 Å². The summed E-state index contributed by atoms with van der Waals surface area (Å²) in [5.41, 5.74) is 1.90. The quantitative estimate of drug-likeness (QED) is 0.536. The van der Waals surface area contributed by atoms with Gasteiger partial charge in [0.1, 0.15) is 39.3 Å². The molecule has 2 aromatic heterocycles. The summed E-state index contributed by atoms with van der Waals surface area (Å²) in [4.78, 5) is 20.2. The van der Waals surface area contributed by atoms with E-state index in [9.17, 15) is 4.79 Å². The Bertz CT molecular complexity index is 1060. The molecule has 0 amide bonds. The number of hydrogen-bond donors (Lipinski definition) is 2. The lowest BCUT2D eigenvalue weighted by atomic mass is 10.1. The summed E-state index contributed by atoms with van der Waals surface area (Å²) >= 11 is 1.52. The van der Waals surface area contributed by atoms with Gasteiger partial charge in [-0.15, -0.1) is 0 Å². The maximum atomic E-state index is 12.0. The van der Waals surface area contributed by atoms with Crippen LogP contribution in [0.25, 0.3) is 4.96 Å². The third-order valence-electron chi connectivity index (χ3n) is 5.38. The number of hydrogen-bond acceptors (Lipinski definition) is 6. The molecule has 3 heterocycles. The van der Waals surface area contributed by atoms with Gasteiger partial charge in [-0.05, 0) is 25.1 Å². The molecule has 4 rings (SSSR count). The smallest absolute Gasteiger partial charge is 0.275 e. The number of methoxy groups -OCH3 is 2. The maximum Gasteiger partial charge on any atom is 0.275 e. The number of nitrogens with one attached hydrogen (secondary N) is 2. The molecule has 0 atom stereocenters. The fraction of sp³-hybridized carbons (Fsp3) is 0.450. The highest BCUT2D eigenvalue weighted by Crippen LogP contribution is 2.27. The molecule has 0 spiro atoms. The fourth-order valence-electron chi connectivity index (χ4n) is 3.84. The third-order valence-corrected chi connectivity index (χ3v) is 6.29. The average Bonchev–Trinajstić information content (AvgIpc) is 3.12. The van der Waals surface area contributed by atoms with Gasteiger partial charge in [-0.3, -0.25) is 4.79 Å². The van der Waals surface area contributed by atoms with Crippen molar-refractivity contribution >= 4 is 16.3 Å². The van der Waals surface area contributed by atoms with Gasteiger partial charge in [0, 0.05) is 17.3 Å². The van der Waals surface area contributed by atoms with Crippen LogP contribution in [0.5, 0.6) is 11.5 Å². The number of piperazine rings is 1. The number of benzene rings is 1. The van der Waals surface area contributed by atoms with Crippen molar-refractivity contribution in [2.24, 2.45) is 0 Å². The van der Waals surface area contributed by atoms with Crippen molar-refractivity contribution < 1.29 is 19.3 Å². The molecule has 0 saturated carbocycles. The Kier molecular flexibility index (Phi) is 5.79. The van der Waals surface area contributed by atoms with Gasteiger partial charge >= 0.3 is 0 Å². The second-order valence-electron chi connectivity index (χ2n) is 7.47. The molecule has 1 saturated heterocycles. The van der Waals surface area contributed by atoms with Gasteiger partial charge in [0.05, 0.1) is 14.2 Å². The highest BCUT2D eigenvalue weighted by atomic mass is 32.1. The largest absolute Gasteiger partial charge is 0.493 e. The van der Waals surface area contributed by atoms with Crippen molar-refractivity contribution in [1.82, 2.24) is 14.6 Å². The van der Waals surface area contributed by atoms with E-state index in [0.29, 0.717) is 4.96 Å². The van der Waals surface area contributed by atoms with Crippen LogP contribution in [0.1, 0.15) is 16.3 Å². The summed E-state index contributed by atoms with van der Waals surface area (Å²) in [6.45, 7) is 8.04. The molecule has 2 N–H and O–H groups in total. The van der Waals surface area contributed by atoms with E-state index in [2.05, 4.69) is 22.2 Å². The standard InChI is InChI=1S/C20H25N5O3S/c1-14-10-19(26)25-20(21-14)29-18(22-25)13-24-8-6-23(7-9-24)12-15-4-5-16(27-2)17(11-15)28-3/h4-5,10-11H,6-9,12-13H2,1-3H3/p+2. The first-order valence-electron chi connectivity index (χ1n) is 9.80. The van der Waals surface area contributed by atoms with Crippen LogP contribution in [0.3, 0.4) is 0 Å². The summed E-state index contributed by atoms with van der Waals surface area (Å²) in [7, 11) is 3.33. The number of rotatable bonds is 6. The molecule has 154 valence electrons. The summed E-state index contributed by atoms with van der Waals surface area (Å²) in [6, 6.07) is 7.68. The molecule has 1 aliphatic heterocycles. The lowest BCUT2D eigenvalue weighted by molar-refractivity contribution is -1.02. The molecule has 0 aliphatic carbocycles. The van der Waals surface area contributed by atoms with Crippen LogP contribution in [-0.4, -0.2) is 55.0 Å². The van der Waals surface area contributed by atoms with E-state index in [0.717, 1.165) is 61.5 Å². The number of quaternary nitrogens is 2. The Balaban J connectivity index is 1.35. The normalized spacial score (nSPS) is 19.4. The molecule has 0 unspecified atom stereocenters. The maximum absolute atomic E-state index is 12.0. The van der Waals surface area contributed by atoms with Crippen molar-refractivity contribution in [3.63, 3.8) is 0 Å². The molecule has 1 aromatic carbocycles. The molecule has 29 heavy (non-hydrogen) atoms. The molecule has 8 nitrogen and oxygen atoms in total. The zero-order chi connectivity index (χ0) is 20.4. The number of aryl methyl sites for hydroxylation is 1. The van der Waals surface area contributed by atoms with Crippen molar-refractivity contribution in [3.05, 3.63) is 50.9 Å². The summed E-state index contributed by atoms with van der Waals surface area (Å²) < 4.78 is 12.2. The van der Waals surface area contributed by atoms with Gasteiger partial charge in [0.25, 0.3) is 5.56 Å². The second-order valence-corrected chi connectivity index (χ2v) is 8.51. The number of fused-ring (bicyclic) bond motifs is 1. The van der Waals surface area contributed by atoms with Crippen molar-refractivity contribution in [3.8, 4) is 11.5 Å². The number of nitrogens with zero attached hydrogens (tertiary/aromatic N) is 3. The number of aromatic nitrogens is 3. The van der Waals surface area contributed by atoms with E-state index < -0.39 is 0 Å². The van der Waals surface area contributed by atoms with Gasteiger partial charge in [-0.25, -0.2) is 4.98 Å². The molecule has 9 heteroatoms. The Morgan fingerprint density at radius 2 is 1.72 bits per heavy atom. The minimum atomic E-state index is -0.103. The van der Waals surface area contributed by atoms with E-state index in [1.165, 1.54) is 32.4 Å². The zero-order valence-electron chi connectivity index (χ0n) is 17.0. The third kappa shape index (κ3) is 4.42. The molecule has 0 radical (unpaired) electrons. The van der Waals surface area contributed by atoms with Crippen LogP contribution in [0.4, 0.5) is 0 Å². The van der Waals surface area contributed by atoms with Crippen LogP contribution >= 0.6 is 11.3 Å². The fourth-order valence-corrected chi connectivity index (χ4v) is 4.85. The van der Waals surface area contributed by atoms with Crippen LogP contribution in [-0.2, 0) is 13.1 Å². The lowest BCUT2D eigenvalue weighted by Gasteiger charge is -2.29. The predicted molar refractivity (Wildman–Crippen MR) is 110 cm³/mol. The molecule has 1 fully saturated rings. The topological polar surface area (TPSA) is 74.6 Å². The summed E-state index contributed by atoms with van der Waals surface area (Å²) in [5.74, 6) is 1.55. The Morgan fingerprint density at radius 3 is 2.41 bits per heavy atom. The lowest BCUT2D eigenvalue weighted by Crippen LogP contribution is -3.27. The molecular formula is C20H27N5O3S+2. The number of ether oxygens (including phenoxy) is 2. The minimum absolute atomic E-state index is 0.103. The highest BCUT2D eigenvalue weighted by molar-refractivity contribution is 7.16. The Labute approximate surface area is 173 Å². The van der Waals surface area contributed by atoms with E-state index in [1.807, 2.05) is 13.0 Å². The Hall–Kier alpha value is -2.49. The first kappa shape index (κ1) is 19.8.